The summed E-state index contributed by atoms with van der Waals surface area (Å²) in [5.41, 5.74) is 0. The molecule has 1 aliphatic rings. The van der Waals surface area contributed by atoms with Crippen LogP contribution in [0.4, 0.5) is 0 Å². The Bertz CT molecular complexity index is 233. The molecule has 1 aliphatic heterocycles. The molecule has 2 unspecified atom stereocenters. The minimum atomic E-state index is -0.836. The molecule has 1 N–H and O–H groups in total. The van der Waals surface area contributed by atoms with Gasteiger partial charge in [0.15, 0.2) is 17.6 Å². The molecule has 4 heteroatoms. The maximum absolute atomic E-state index is 9.20. The van der Waals surface area contributed by atoms with Gasteiger partial charge in [0, 0.05) is 10.8 Å². The third-order valence-corrected chi connectivity index (χ3v) is 2.26. The van der Waals surface area contributed by atoms with Gasteiger partial charge in [0.05, 0.1) is 0 Å². The number of rotatable bonds is 0. The highest BCUT2D eigenvalue weighted by atomic mass is 32.1. The summed E-state index contributed by atoms with van der Waals surface area (Å²) in [4.78, 5) is 0. The Labute approximate surface area is 68.2 Å². The van der Waals surface area contributed by atoms with Gasteiger partial charge in [-0.15, -0.1) is 11.3 Å². The molecule has 0 radical (unpaired) electrons. The Morgan fingerprint density at radius 2 is 2.00 bits per heavy atom. The highest BCUT2D eigenvalue weighted by Gasteiger charge is 2.26. The van der Waals surface area contributed by atoms with Crippen molar-refractivity contribution in [2.75, 3.05) is 0 Å². The first-order valence-electron chi connectivity index (χ1n) is 3.35. The van der Waals surface area contributed by atoms with Gasteiger partial charge in [-0.25, -0.2) is 0 Å². The van der Waals surface area contributed by atoms with E-state index in [-0.39, 0.29) is 6.10 Å². The molecule has 2 heterocycles. The second kappa shape index (κ2) is 2.39. The van der Waals surface area contributed by atoms with Gasteiger partial charge < -0.3 is 14.6 Å². The van der Waals surface area contributed by atoms with E-state index >= 15 is 0 Å². The van der Waals surface area contributed by atoms with Crippen molar-refractivity contribution in [2.45, 2.75) is 19.3 Å². The maximum Gasteiger partial charge on any atom is 0.234 e. The average molecular weight is 172 g/mol. The van der Waals surface area contributed by atoms with E-state index in [2.05, 4.69) is 0 Å². The zero-order chi connectivity index (χ0) is 7.84. The second-order valence-electron chi connectivity index (χ2n) is 2.43. The van der Waals surface area contributed by atoms with E-state index in [1.165, 1.54) is 11.3 Å². The number of hydrogen-bond donors (Lipinski definition) is 1. The van der Waals surface area contributed by atoms with Crippen molar-refractivity contribution in [3.8, 4) is 11.5 Å². The summed E-state index contributed by atoms with van der Waals surface area (Å²) >= 11 is 1.50. The van der Waals surface area contributed by atoms with Crippen LogP contribution in [0.15, 0.2) is 10.8 Å². The summed E-state index contributed by atoms with van der Waals surface area (Å²) in [5.74, 6) is 1.37. The fourth-order valence-electron chi connectivity index (χ4n) is 0.930. The molecule has 0 amide bonds. The third-order valence-electron chi connectivity index (χ3n) is 1.56. The fourth-order valence-corrected chi connectivity index (χ4v) is 1.59. The number of fused-ring (bicyclic) bond motifs is 1. The van der Waals surface area contributed by atoms with Crippen molar-refractivity contribution < 1.29 is 14.6 Å². The Balaban J connectivity index is 2.30. The van der Waals surface area contributed by atoms with Crippen LogP contribution in [-0.4, -0.2) is 17.5 Å². The number of aliphatic hydroxyl groups excluding tert-OH is 1. The minimum absolute atomic E-state index is 0.280. The van der Waals surface area contributed by atoms with Crippen LogP contribution < -0.4 is 9.47 Å². The number of ether oxygens (including phenoxy) is 2. The van der Waals surface area contributed by atoms with E-state index in [1.54, 1.807) is 6.92 Å². The summed E-state index contributed by atoms with van der Waals surface area (Å²) in [6.45, 7) is 1.77. The van der Waals surface area contributed by atoms with Crippen molar-refractivity contribution in [3.05, 3.63) is 10.8 Å². The van der Waals surface area contributed by atoms with E-state index in [4.69, 9.17) is 9.47 Å². The van der Waals surface area contributed by atoms with E-state index in [0.29, 0.717) is 5.75 Å². The number of hydrogen-bond acceptors (Lipinski definition) is 4. The van der Waals surface area contributed by atoms with Crippen LogP contribution in [0, 0.1) is 0 Å². The lowest BCUT2D eigenvalue weighted by atomic mass is 10.3. The highest BCUT2D eigenvalue weighted by molar-refractivity contribution is 7.08. The second-order valence-corrected chi connectivity index (χ2v) is 3.18. The molecule has 0 spiro atoms. The van der Waals surface area contributed by atoms with Gasteiger partial charge in [0.2, 0.25) is 6.29 Å². The predicted molar refractivity (Wildman–Crippen MR) is 41.0 cm³/mol. The molecule has 0 saturated heterocycles. The number of aliphatic hydroxyl groups is 1. The van der Waals surface area contributed by atoms with Crippen LogP contribution >= 0.6 is 11.3 Å². The standard InChI is InChI=1S/C7H8O3S/c1-4-7(8)10-6-3-11-2-5(6)9-4/h2-4,7-8H,1H3. The Morgan fingerprint density at radius 3 is 2.73 bits per heavy atom. The summed E-state index contributed by atoms with van der Waals surface area (Å²) in [6, 6.07) is 0. The van der Waals surface area contributed by atoms with Crippen molar-refractivity contribution in [3.63, 3.8) is 0 Å². The molecular formula is C7H8O3S. The lowest BCUT2D eigenvalue weighted by Crippen LogP contribution is -2.36. The predicted octanol–water partition coefficient (Wildman–Crippen LogP) is 1.23. The molecule has 0 aromatic carbocycles. The first-order chi connectivity index (χ1) is 5.27. The van der Waals surface area contributed by atoms with E-state index in [9.17, 15) is 5.11 Å². The molecule has 0 bridgehead atoms. The van der Waals surface area contributed by atoms with Gasteiger partial charge in [-0.1, -0.05) is 0 Å². The Hall–Kier alpha value is -0.740. The minimum Gasteiger partial charge on any atom is -0.479 e. The summed E-state index contributed by atoms with van der Waals surface area (Å²) < 4.78 is 10.4. The van der Waals surface area contributed by atoms with Crippen molar-refractivity contribution in [1.82, 2.24) is 0 Å². The topological polar surface area (TPSA) is 38.7 Å². The van der Waals surface area contributed by atoms with Crippen molar-refractivity contribution >= 4 is 11.3 Å². The van der Waals surface area contributed by atoms with Crippen molar-refractivity contribution in [1.29, 1.82) is 0 Å². The fraction of sp³-hybridized carbons (Fsp3) is 0.429. The Morgan fingerprint density at radius 1 is 1.36 bits per heavy atom. The largest absolute Gasteiger partial charge is 0.479 e. The summed E-state index contributed by atoms with van der Waals surface area (Å²) in [6.07, 6.45) is -1.12. The molecule has 3 nitrogen and oxygen atoms in total. The number of thiophene rings is 1. The highest BCUT2D eigenvalue weighted by Crippen LogP contribution is 2.36. The molecular weight excluding hydrogens is 164 g/mol. The maximum atomic E-state index is 9.20. The Kier molecular flexibility index (Phi) is 1.51. The lowest BCUT2D eigenvalue weighted by Gasteiger charge is -2.26. The van der Waals surface area contributed by atoms with Crippen molar-refractivity contribution in [2.24, 2.45) is 0 Å². The average Bonchev–Trinajstić information content (AvgIpc) is 2.36. The van der Waals surface area contributed by atoms with Crippen LogP contribution in [0.25, 0.3) is 0 Å². The zero-order valence-electron chi connectivity index (χ0n) is 5.98. The molecule has 0 saturated carbocycles. The molecule has 0 fully saturated rings. The van der Waals surface area contributed by atoms with Gasteiger partial charge in [0.1, 0.15) is 0 Å². The van der Waals surface area contributed by atoms with Crippen LogP contribution in [0.1, 0.15) is 6.92 Å². The van der Waals surface area contributed by atoms with Crippen LogP contribution in [0.3, 0.4) is 0 Å². The first kappa shape index (κ1) is 6.94. The molecule has 11 heavy (non-hydrogen) atoms. The summed E-state index contributed by atoms with van der Waals surface area (Å²) in [5, 5.41) is 12.9. The molecule has 60 valence electrons. The van der Waals surface area contributed by atoms with Gasteiger partial charge in [0.25, 0.3) is 0 Å². The van der Waals surface area contributed by atoms with E-state index in [0.717, 1.165) is 5.75 Å². The zero-order valence-corrected chi connectivity index (χ0v) is 6.80. The van der Waals surface area contributed by atoms with Crippen LogP contribution in [0.2, 0.25) is 0 Å². The normalized spacial score (nSPS) is 28.5. The quantitative estimate of drug-likeness (QED) is 0.639. The molecule has 0 aliphatic carbocycles. The van der Waals surface area contributed by atoms with E-state index < -0.39 is 6.29 Å². The molecule has 1 aromatic rings. The van der Waals surface area contributed by atoms with Crippen LogP contribution in [0.5, 0.6) is 11.5 Å². The van der Waals surface area contributed by atoms with Gasteiger partial charge in [-0.3, -0.25) is 0 Å². The van der Waals surface area contributed by atoms with Gasteiger partial charge >= 0.3 is 0 Å². The smallest absolute Gasteiger partial charge is 0.234 e. The summed E-state index contributed by atoms with van der Waals surface area (Å²) in [7, 11) is 0. The molecule has 2 atom stereocenters. The SMILES string of the molecule is CC1Oc2cscc2OC1O. The van der Waals surface area contributed by atoms with Gasteiger partial charge in [-0.2, -0.15) is 0 Å². The first-order valence-corrected chi connectivity index (χ1v) is 4.29. The lowest BCUT2D eigenvalue weighted by molar-refractivity contribution is -0.105. The molecule has 2 rings (SSSR count). The third kappa shape index (κ3) is 1.08. The van der Waals surface area contributed by atoms with Gasteiger partial charge in [-0.05, 0) is 6.92 Å². The monoisotopic (exact) mass is 172 g/mol. The van der Waals surface area contributed by atoms with E-state index in [1.807, 2.05) is 10.8 Å². The van der Waals surface area contributed by atoms with Crippen LogP contribution in [-0.2, 0) is 0 Å². The molecule has 1 aromatic heterocycles.